The van der Waals surface area contributed by atoms with Crippen molar-refractivity contribution in [2.75, 3.05) is 39.6 Å². The molecule has 0 saturated carbocycles. The smallest absolute Gasteiger partial charge is 0.462 e. The predicted molar refractivity (Wildman–Crippen MR) is 358 cm³/mol. The molecule has 0 aliphatic heterocycles. The summed E-state index contributed by atoms with van der Waals surface area (Å²) in [5, 5.41) is 10.6. The van der Waals surface area contributed by atoms with Gasteiger partial charge in [-0.1, -0.05) is 293 Å². The Morgan fingerprint density at radius 1 is 0.281 bits per heavy atom. The lowest BCUT2D eigenvalue weighted by Crippen LogP contribution is -2.30. The van der Waals surface area contributed by atoms with Gasteiger partial charge in [0.05, 0.1) is 26.4 Å². The maximum absolute atomic E-state index is 13.0. The van der Waals surface area contributed by atoms with E-state index in [1.807, 2.05) is 0 Å². The van der Waals surface area contributed by atoms with E-state index >= 15 is 0 Å². The number of hydrogen-bond donors (Lipinski definition) is 3. The fourth-order valence-corrected chi connectivity index (χ4v) is 12.1. The SMILES string of the molecule is CC(C)CCCCCCCCCCCCCCCCCCCCC(=O)O[C@H](COC(=O)CCCCCCCCCC(C)C)COP(=O)(O)OC[C@@H](O)COP(=O)(O)OC[C@@H](COC(=O)CCCCCCCCC(C)C)OC(=O)CCCCCCCCC(C)C. The number of aliphatic hydroxyl groups is 1. The zero-order chi connectivity index (χ0) is 66.1. The average Bonchev–Trinajstić information content (AvgIpc) is 3.64. The number of hydrogen-bond acceptors (Lipinski definition) is 15. The van der Waals surface area contributed by atoms with Crippen LogP contribution in [0.15, 0.2) is 0 Å². The number of phosphoric acid groups is 2. The molecular formula is C70H136O17P2. The minimum Gasteiger partial charge on any atom is -0.462 e. The third-order valence-electron chi connectivity index (χ3n) is 16.1. The van der Waals surface area contributed by atoms with Crippen LogP contribution in [0, 0.1) is 23.7 Å². The van der Waals surface area contributed by atoms with Crippen LogP contribution in [0.2, 0.25) is 0 Å². The largest absolute Gasteiger partial charge is 0.472 e. The molecule has 19 heteroatoms. The van der Waals surface area contributed by atoms with Gasteiger partial charge in [-0.15, -0.1) is 0 Å². The number of esters is 4. The average molecular weight is 1310 g/mol. The van der Waals surface area contributed by atoms with Crippen molar-refractivity contribution in [3.05, 3.63) is 0 Å². The van der Waals surface area contributed by atoms with Crippen LogP contribution >= 0.6 is 15.6 Å². The van der Waals surface area contributed by atoms with Crippen molar-refractivity contribution in [1.29, 1.82) is 0 Å². The Bertz CT molecular complexity index is 1760. The van der Waals surface area contributed by atoms with Gasteiger partial charge in [-0.05, 0) is 49.4 Å². The number of carbonyl (C=O) groups is 4. The molecular weight excluding hydrogens is 1170 g/mol. The predicted octanol–water partition coefficient (Wildman–Crippen LogP) is 19.7. The zero-order valence-corrected chi connectivity index (χ0v) is 59.8. The Balaban J connectivity index is 5.14. The van der Waals surface area contributed by atoms with E-state index in [1.165, 1.54) is 135 Å². The molecule has 0 aromatic heterocycles. The third-order valence-corrected chi connectivity index (χ3v) is 18.0. The molecule has 0 spiro atoms. The Morgan fingerprint density at radius 3 is 0.697 bits per heavy atom. The first kappa shape index (κ1) is 87.1. The molecule has 2 unspecified atom stereocenters. The first-order valence-electron chi connectivity index (χ1n) is 36.2. The van der Waals surface area contributed by atoms with E-state index in [1.54, 1.807) is 0 Å². The molecule has 0 aromatic rings. The van der Waals surface area contributed by atoms with Gasteiger partial charge in [0.1, 0.15) is 19.3 Å². The van der Waals surface area contributed by atoms with Gasteiger partial charge in [0.15, 0.2) is 12.2 Å². The first-order chi connectivity index (χ1) is 42.6. The van der Waals surface area contributed by atoms with E-state index in [4.69, 9.17) is 37.0 Å². The van der Waals surface area contributed by atoms with Crippen molar-refractivity contribution in [3.8, 4) is 0 Å². The molecule has 528 valence electrons. The van der Waals surface area contributed by atoms with Crippen molar-refractivity contribution in [1.82, 2.24) is 0 Å². The van der Waals surface area contributed by atoms with E-state index in [0.29, 0.717) is 43.4 Å². The summed E-state index contributed by atoms with van der Waals surface area (Å²) >= 11 is 0. The molecule has 0 fully saturated rings. The topological polar surface area (TPSA) is 237 Å². The molecule has 0 bridgehead atoms. The van der Waals surface area contributed by atoms with E-state index in [2.05, 4.69) is 55.4 Å². The summed E-state index contributed by atoms with van der Waals surface area (Å²) in [6.07, 6.45) is 42.3. The number of unbranched alkanes of at least 4 members (excludes halogenated alkanes) is 33. The van der Waals surface area contributed by atoms with Crippen molar-refractivity contribution in [2.45, 2.75) is 363 Å². The molecule has 0 saturated heterocycles. The third kappa shape index (κ3) is 64.6. The molecule has 0 amide bonds. The van der Waals surface area contributed by atoms with Crippen LogP contribution in [0.3, 0.4) is 0 Å². The standard InChI is InChI=1S/C70H136O17P2/c1-60(2)46-38-30-22-19-17-15-13-11-9-10-12-14-16-18-20-24-36-44-52-69(74)86-65(56-80-67(72)50-42-34-25-21-23-31-39-47-61(3)4)58-84-88(76,77)82-54-64(71)55-83-89(78,79)85-59-66(87-70(75)53-45-37-29-27-33-41-49-63(7)8)57-81-68(73)51-43-35-28-26-32-40-48-62(5)6/h60-66,71H,9-59H2,1-8H3,(H,76,77)(H,78,79)/t64-,65-,66-/m1/s1. The van der Waals surface area contributed by atoms with Crippen molar-refractivity contribution >= 4 is 39.5 Å². The molecule has 89 heavy (non-hydrogen) atoms. The van der Waals surface area contributed by atoms with Crippen LogP contribution in [-0.4, -0.2) is 96.7 Å². The van der Waals surface area contributed by atoms with Crippen LogP contribution in [0.1, 0.15) is 344 Å². The van der Waals surface area contributed by atoms with E-state index in [0.717, 1.165) is 109 Å². The Hall–Kier alpha value is -1.94. The summed E-state index contributed by atoms with van der Waals surface area (Å²) < 4.78 is 68.1. The van der Waals surface area contributed by atoms with Crippen LogP contribution in [0.4, 0.5) is 0 Å². The van der Waals surface area contributed by atoms with Gasteiger partial charge < -0.3 is 33.8 Å². The maximum Gasteiger partial charge on any atom is 0.472 e. The molecule has 0 radical (unpaired) electrons. The highest BCUT2D eigenvalue weighted by molar-refractivity contribution is 7.47. The van der Waals surface area contributed by atoms with Gasteiger partial charge in [0.2, 0.25) is 0 Å². The van der Waals surface area contributed by atoms with Crippen LogP contribution < -0.4 is 0 Å². The quantitative estimate of drug-likeness (QED) is 0.0222. The van der Waals surface area contributed by atoms with Crippen molar-refractivity contribution in [2.24, 2.45) is 23.7 Å². The fraction of sp³-hybridized carbons (Fsp3) is 0.943. The summed E-state index contributed by atoms with van der Waals surface area (Å²) in [6, 6.07) is 0. The monoisotopic (exact) mass is 1310 g/mol. The number of carbonyl (C=O) groups excluding carboxylic acids is 4. The summed E-state index contributed by atoms with van der Waals surface area (Å²) in [5.74, 6) is 0.736. The second-order valence-electron chi connectivity index (χ2n) is 27.2. The molecule has 0 aliphatic rings. The van der Waals surface area contributed by atoms with Gasteiger partial charge in [-0.2, -0.15) is 0 Å². The van der Waals surface area contributed by atoms with Gasteiger partial charge in [-0.3, -0.25) is 37.3 Å². The molecule has 0 heterocycles. The molecule has 17 nitrogen and oxygen atoms in total. The van der Waals surface area contributed by atoms with Gasteiger partial charge in [0.25, 0.3) is 0 Å². The van der Waals surface area contributed by atoms with E-state index in [9.17, 15) is 43.2 Å². The van der Waals surface area contributed by atoms with E-state index in [-0.39, 0.29) is 25.7 Å². The summed E-state index contributed by atoms with van der Waals surface area (Å²) in [4.78, 5) is 72.3. The minimum atomic E-state index is -4.95. The molecule has 5 atom stereocenters. The Kier molecular flexibility index (Phi) is 58.5. The zero-order valence-electron chi connectivity index (χ0n) is 58.1. The van der Waals surface area contributed by atoms with Gasteiger partial charge in [-0.25, -0.2) is 9.13 Å². The van der Waals surface area contributed by atoms with E-state index < -0.39 is 97.5 Å². The second-order valence-corrected chi connectivity index (χ2v) is 30.1. The Morgan fingerprint density at radius 2 is 0.472 bits per heavy atom. The van der Waals surface area contributed by atoms with Crippen LogP contribution in [0.25, 0.3) is 0 Å². The normalized spacial score (nSPS) is 14.3. The summed E-state index contributed by atoms with van der Waals surface area (Å²) in [7, 11) is -9.90. The van der Waals surface area contributed by atoms with Crippen molar-refractivity contribution < 1.29 is 80.2 Å². The van der Waals surface area contributed by atoms with Crippen LogP contribution in [-0.2, 0) is 65.4 Å². The summed E-state index contributed by atoms with van der Waals surface area (Å²) in [6.45, 7) is 13.9. The second kappa shape index (κ2) is 59.8. The lowest BCUT2D eigenvalue weighted by atomic mass is 10.0. The number of rotatable bonds is 67. The molecule has 0 rings (SSSR count). The first-order valence-corrected chi connectivity index (χ1v) is 39.2. The fourth-order valence-electron chi connectivity index (χ4n) is 10.5. The lowest BCUT2D eigenvalue weighted by Gasteiger charge is -2.21. The van der Waals surface area contributed by atoms with Gasteiger partial charge in [0, 0.05) is 25.7 Å². The van der Waals surface area contributed by atoms with Crippen LogP contribution in [0.5, 0.6) is 0 Å². The van der Waals surface area contributed by atoms with Crippen molar-refractivity contribution in [3.63, 3.8) is 0 Å². The number of phosphoric ester groups is 2. The molecule has 3 N–H and O–H groups in total. The highest BCUT2D eigenvalue weighted by Crippen LogP contribution is 2.45. The summed E-state index contributed by atoms with van der Waals surface area (Å²) in [5.41, 5.74) is 0. The highest BCUT2D eigenvalue weighted by Gasteiger charge is 2.30. The van der Waals surface area contributed by atoms with Gasteiger partial charge >= 0.3 is 39.5 Å². The number of ether oxygens (including phenoxy) is 4. The lowest BCUT2D eigenvalue weighted by molar-refractivity contribution is -0.161. The minimum absolute atomic E-state index is 0.101. The maximum atomic E-state index is 13.0. The molecule has 0 aromatic carbocycles. The number of aliphatic hydroxyl groups excluding tert-OH is 1. The Labute approximate surface area is 543 Å². The molecule has 0 aliphatic carbocycles. The highest BCUT2D eigenvalue weighted by atomic mass is 31.2.